The number of benzene rings is 1. The molecule has 1 aromatic heterocycles. The first kappa shape index (κ1) is 19.8. The van der Waals surface area contributed by atoms with E-state index in [0.717, 1.165) is 23.9 Å². The van der Waals surface area contributed by atoms with Crippen LogP contribution in [0.25, 0.3) is 0 Å². The highest BCUT2D eigenvalue weighted by molar-refractivity contribution is 7.99. The van der Waals surface area contributed by atoms with Crippen molar-refractivity contribution in [1.82, 2.24) is 9.97 Å². The molecule has 0 aliphatic carbocycles. The lowest BCUT2D eigenvalue weighted by molar-refractivity contribution is -0.113. The second kappa shape index (κ2) is 9.28. The molecule has 0 bridgehead atoms. The first-order valence-corrected chi connectivity index (χ1v) is 10.2. The Morgan fingerprint density at radius 1 is 1.41 bits per heavy atom. The lowest BCUT2D eigenvalue weighted by atomic mass is 10.0. The fourth-order valence-corrected chi connectivity index (χ4v) is 3.92. The molecular weight excluding hydrogens is 384 g/mol. The van der Waals surface area contributed by atoms with E-state index in [0.29, 0.717) is 22.4 Å². The Labute approximate surface area is 168 Å². The summed E-state index contributed by atoms with van der Waals surface area (Å²) in [6, 6.07) is 7.06. The van der Waals surface area contributed by atoms with Crippen LogP contribution in [0.4, 0.5) is 11.5 Å². The molecule has 1 saturated heterocycles. The number of hydrogen-bond donors (Lipinski definition) is 1. The summed E-state index contributed by atoms with van der Waals surface area (Å²) in [5.74, 6) is 2.26. The molecule has 2 heterocycles. The third-order valence-electron chi connectivity index (χ3n) is 4.40. The van der Waals surface area contributed by atoms with Crippen molar-refractivity contribution in [2.45, 2.75) is 24.8 Å². The SMILES string of the molecule is COc1ccc(Cl)cc1NC(=O)CSc1cc(N2CCC[C@H](C)C2)ncn1. The number of methoxy groups -OCH3 is 1. The van der Waals surface area contributed by atoms with Gasteiger partial charge in [-0.15, -0.1) is 0 Å². The molecular formula is C19H23ClN4O2S. The largest absolute Gasteiger partial charge is 0.495 e. The number of carbonyl (C=O) groups excluding carboxylic acids is 1. The molecule has 8 heteroatoms. The summed E-state index contributed by atoms with van der Waals surface area (Å²) in [7, 11) is 1.55. The van der Waals surface area contributed by atoms with Crippen molar-refractivity contribution in [3.63, 3.8) is 0 Å². The normalized spacial score (nSPS) is 16.9. The van der Waals surface area contributed by atoms with Gasteiger partial charge in [0.2, 0.25) is 5.91 Å². The number of ether oxygens (including phenoxy) is 1. The molecule has 0 radical (unpaired) electrons. The lowest BCUT2D eigenvalue weighted by Crippen LogP contribution is -2.34. The Morgan fingerprint density at radius 2 is 2.26 bits per heavy atom. The van der Waals surface area contributed by atoms with Crippen molar-refractivity contribution in [1.29, 1.82) is 0 Å². The Morgan fingerprint density at radius 3 is 3.04 bits per heavy atom. The van der Waals surface area contributed by atoms with E-state index in [1.165, 1.54) is 24.6 Å². The maximum absolute atomic E-state index is 12.3. The van der Waals surface area contributed by atoms with E-state index < -0.39 is 0 Å². The number of piperidine rings is 1. The van der Waals surface area contributed by atoms with Gasteiger partial charge in [-0.1, -0.05) is 30.3 Å². The van der Waals surface area contributed by atoms with Crippen molar-refractivity contribution in [2.24, 2.45) is 5.92 Å². The summed E-state index contributed by atoms with van der Waals surface area (Å²) >= 11 is 7.38. The average molecular weight is 407 g/mol. The van der Waals surface area contributed by atoms with Crippen LogP contribution in [-0.2, 0) is 4.79 Å². The summed E-state index contributed by atoms with van der Waals surface area (Å²) in [5, 5.41) is 4.15. The second-order valence-electron chi connectivity index (χ2n) is 6.59. The van der Waals surface area contributed by atoms with Crippen LogP contribution >= 0.6 is 23.4 Å². The van der Waals surface area contributed by atoms with E-state index in [4.69, 9.17) is 16.3 Å². The fraction of sp³-hybridized carbons (Fsp3) is 0.421. The molecule has 1 atom stereocenters. The summed E-state index contributed by atoms with van der Waals surface area (Å²) in [4.78, 5) is 23.3. The van der Waals surface area contributed by atoms with Crippen LogP contribution in [0.3, 0.4) is 0 Å². The maximum Gasteiger partial charge on any atom is 0.234 e. The molecule has 0 spiro atoms. The topological polar surface area (TPSA) is 67.3 Å². The van der Waals surface area contributed by atoms with E-state index in [9.17, 15) is 4.79 Å². The van der Waals surface area contributed by atoms with Crippen molar-refractivity contribution in [3.8, 4) is 5.75 Å². The van der Waals surface area contributed by atoms with E-state index in [2.05, 4.69) is 27.1 Å². The molecule has 1 aliphatic heterocycles. The Hall–Kier alpha value is -1.99. The Bertz CT molecular complexity index is 805. The predicted molar refractivity (Wildman–Crippen MR) is 110 cm³/mol. The Balaban J connectivity index is 1.59. The van der Waals surface area contributed by atoms with Crippen LogP contribution < -0.4 is 15.0 Å². The highest BCUT2D eigenvalue weighted by atomic mass is 35.5. The monoisotopic (exact) mass is 406 g/mol. The van der Waals surface area contributed by atoms with Gasteiger partial charge in [-0.25, -0.2) is 9.97 Å². The van der Waals surface area contributed by atoms with Gasteiger partial charge < -0.3 is 15.0 Å². The minimum atomic E-state index is -0.146. The summed E-state index contributed by atoms with van der Waals surface area (Å²) in [6.07, 6.45) is 4.00. The van der Waals surface area contributed by atoms with Gasteiger partial charge >= 0.3 is 0 Å². The summed E-state index contributed by atoms with van der Waals surface area (Å²) < 4.78 is 5.25. The molecule has 2 aromatic rings. The minimum Gasteiger partial charge on any atom is -0.495 e. The van der Waals surface area contributed by atoms with Gasteiger partial charge in [0.05, 0.1) is 18.6 Å². The van der Waals surface area contributed by atoms with Gasteiger partial charge in [-0.05, 0) is 37.0 Å². The van der Waals surface area contributed by atoms with Crippen molar-refractivity contribution >= 4 is 40.8 Å². The number of carbonyl (C=O) groups is 1. The molecule has 144 valence electrons. The van der Waals surface area contributed by atoms with Crippen molar-refractivity contribution in [3.05, 3.63) is 35.6 Å². The number of amides is 1. The van der Waals surface area contributed by atoms with Crippen LogP contribution in [0.5, 0.6) is 5.75 Å². The zero-order chi connectivity index (χ0) is 19.2. The number of thioether (sulfide) groups is 1. The van der Waals surface area contributed by atoms with Crippen LogP contribution in [-0.4, -0.2) is 41.8 Å². The lowest BCUT2D eigenvalue weighted by Gasteiger charge is -2.31. The number of anilines is 2. The summed E-state index contributed by atoms with van der Waals surface area (Å²) in [6.45, 7) is 4.29. The van der Waals surface area contributed by atoms with Crippen LogP contribution in [0.2, 0.25) is 5.02 Å². The van der Waals surface area contributed by atoms with Crippen LogP contribution in [0.15, 0.2) is 35.6 Å². The molecule has 1 fully saturated rings. The summed E-state index contributed by atoms with van der Waals surface area (Å²) in [5.41, 5.74) is 0.557. The number of nitrogens with one attached hydrogen (secondary N) is 1. The number of aromatic nitrogens is 2. The van der Waals surface area contributed by atoms with Crippen molar-refractivity contribution < 1.29 is 9.53 Å². The van der Waals surface area contributed by atoms with Gasteiger partial charge in [0.1, 0.15) is 22.9 Å². The number of nitrogens with zero attached hydrogens (tertiary/aromatic N) is 3. The quantitative estimate of drug-likeness (QED) is 0.575. The highest BCUT2D eigenvalue weighted by Crippen LogP contribution is 2.28. The molecule has 3 rings (SSSR count). The van der Waals surface area contributed by atoms with Crippen LogP contribution in [0.1, 0.15) is 19.8 Å². The van der Waals surface area contributed by atoms with Gasteiger partial charge in [-0.2, -0.15) is 0 Å². The van der Waals surface area contributed by atoms with E-state index in [1.807, 2.05) is 6.07 Å². The number of hydrogen-bond acceptors (Lipinski definition) is 6. The molecule has 0 unspecified atom stereocenters. The third-order valence-corrected chi connectivity index (χ3v) is 5.56. The fourth-order valence-electron chi connectivity index (χ4n) is 3.08. The zero-order valence-electron chi connectivity index (χ0n) is 15.4. The second-order valence-corrected chi connectivity index (χ2v) is 8.02. The predicted octanol–water partition coefficient (Wildman–Crippen LogP) is 4.11. The maximum atomic E-state index is 12.3. The van der Waals surface area contributed by atoms with Gasteiger partial charge in [0.15, 0.2) is 0 Å². The third kappa shape index (κ3) is 5.49. The minimum absolute atomic E-state index is 0.146. The van der Waals surface area contributed by atoms with Crippen molar-refractivity contribution in [2.75, 3.05) is 36.2 Å². The molecule has 0 saturated carbocycles. The van der Waals surface area contributed by atoms with E-state index >= 15 is 0 Å². The Kier molecular flexibility index (Phi) is 6.79. The molecule has 27 heavy (non-hydrogen) atoms. The molecule has 6 nitrogen and oxygen atoms in total. The van der Waals surface area contributed by atoms with E-state index in [1.54, 1.807) is 31.6 Å². The smallest absolute Gasteiger partial charge is 0.234 e. The molecule has 1 amide bonds. The number of halogens is 1. The molecule has 1 aliphatic rings. The zero-order valence-corrected chi connectivity index (χ0v) is 17.0. The highest BCUT2D eigenvalue weighted by Gasteiger charge is 2.18. The number of rotatable bonds is 6. The van der Waals surface area contributed by atoms with Gasteiger partial charge in [0.25, 0.3) is 0 Å². The first-order valence-electron chi connectivity index (χ1n) is 8.88. The van der Waals surface area contributed by atoms with Gasteiger partial charge in [0, 0.05) is 24.2 Å². The average Bonchev–Trinajstić information content (AvgIpc) is 2.67. The van der Waals surface area contributed by atoms with Crippen LogP contribution in [0, 0.1) is 5.92 Å². The van der Waals surface area contributed by atoms with E-state index in [-0.39, 0.29) is 11.7 Å². The standard InChI is InChI=1S/C19H23ClN4O2S/c1-13-4-3-7-24(10-13)17-9-19(22-12-21-17)27-11-18(25)23-15-8-14(20)5-6-16(15)26-2/h5-6,8-9,12-13H,3-4,7,10-11H2,1-2H3,(H,23,25)/t13-/m0/s1. The first-order chi connectivity index (χ1) is 13.0. The molecule has 1 aromatic carbocycles. The van der Waals surface area contributed by atoms with Gasteiger partial charge in [-0.3, -0.25) is 4.79 Å². The molecule has 1 N–H and O–H groups in total.